The number of phenolic OH excluding ortho intramolecular Hbond substituents is 1. The number of carboxylic acids is 2. The second-order valence-electron chi connectivity index (χ2n) is 10.2. The lowest BCUT2D eigenvalue weighted by Gasteiger charge is -2.26. The van der Waals surface area contributed by atoms with Crippen LogP contribution in [-0.2, 0) is 36.8 Å². The van der Waals surface area contributed by atoms with E-state index in [-0.39, 0.29) is 31.4 Å². The summed E-state index contributed by atoms with van der Waals surface area (Å²) in [7, 11) is 0. The van der Waals surface area contributed by atoms with Gasteiger partial charge in [-0.1, -0.05) is 30.3 Å². The number of benzene rings is 2. The van der Waals surface area contributed by atoms with Crippen molar-refractivity contribution >= 4 is 40.6 Å². The summed E-state index contributed by atoms with van der Waals surface area (Å²) >= 11 is 0. The van der Waals surface area contributed by atoms with Gasteiger partial charge in [-0.25, -0.2) is 4.79 Å². The summed E-state index contributed by atoms with van der Waals surface area (Å²) < 4.78 is 0. The molecule has 10 N–H and O–H groups in total. The molecule has 14 heteroatoms. The first-order valence-corrected chi connectivity index (χ1v) is 13.5. The molecule has 0 bridgehead atoms. The van der Waals surface area contributed by atoms with E-state index >= 15 is 0 Å². The van der Waals surface area contributed by atoms with Crippen molar-refractivity contribution in [3.63, 3.8) is 0 Å². The topological polar surface area (TPSA) is 244 Å². The van der Waals surface area contributed by atoms with Crippen LogP contribution < -0.4 is 21.7 Å². The number of rotatable bonds is 15. The number of hydrogen-bond acceptors (Lipinski definition) is 8. The number of H-pyrrole nitrogens is 1. The van der Waals surface area contributed by atoms with Crippen molar-refractivity contribution in [2.45, 2.75) is 62.9 Å². The molecule has 0 radical (unpaired) electrons. The van der Waals surface area contributed by atoms with Crippen molar-refractivity contribution in [2.75, 3.05) is 0 Å². The lowest BCUT2D eigenvalue weighted by molar-refractivity contribution is -0.143. The van der Waals surface area contributed by atoms with Crippen molar-refractivity contribution < 1.29 is 44.4 Å². The first-order valence-electron chi connectivity index (χ1n) is 13.5. The largest absolute Gasteiger partial charge is 0.508 e. The maximum atomic E-state index is 13.4. The number of phenols is 1. The van der Waals surface area contributed by atoms with Gasteiger partial charge in [-0.2, -0.15) is 0 Å². The summed E-state index contributed by atoms with van der Waals surface area (Å²) in [5, 5.41) is 46.6. The molecule has 0 spiro atoms. The third kappa shape index (κ3) is 9.28. The minimum Gasteiger partial charge on any atom is -0.508 e. The van der Waals surface area contributed by atoms with E-state index in [4.69, 9.17) is 10.8 Å². The smallest absolute Gasteiger partial charge is 0.326 e. The molecule has 5 unspecified atom stereocenters. The Morgan fingerprint density at radius 2 is 1.51 bits per heavy atom. The predicted molar refractivity (Wildman–Crippen MR) is 154 cm³/mol. The molecule has 0 fully saturated rings. The zero-order valence-corrected chi connectivity index (χ0v) is 23.3. The molecule has 14 nitrogen and oxygen atoms in total. The van der Waals surface area contributed by atoms with Crippen LogP contribution in [0.4, 0.5) is 0 Å². The molecule has 3 rings (SSSR count). The number of amides is 3. The quantitative estimate of drug-likeness (QED) is 0.111. The van der Waals surface area contributed by atoms with Gasteiger partial charge in [0.2, 0.25) is 17.7 Å². The lowest BCUT2D eigenvalue weighted by atomic mass is 10.0. The first kappa shape index (κ1) is 32.6. The van der Waals surface area contributed by atoms with Gasteiger partial charge in [-0.05, 0) is 42.7 Å². The summed E-state index contributed by atoms with van der Waals surface area (Å²) in [6, 6.07) is 7.41. The number of hydrogen-bond donors (Lipinski definition) is 9. The zero-order chi connectivity index (χ0) is 31.7. The van der Waals surface area contributed by atoms with Crippen LogP contribution in [0.25, 0.3) is 10.9 Å². The minimum absolute atomic E-state index is 0.0315. The Hall–Kier alpha value is -4.95. The van der Waals surface area contributed by atoms with Crippen LogP contribution in [0.1, 0.15) is 30.9 Å². The fourth-order valence-electron chi connectivity index (χ4n) is 4.41. The van der Waals surface area contributed by atoms with Gasteiger partial charge >= 0.3 is 11.9 Å². The SMILES string of the molecule is CC(O)C(NC(=O)C(Cc1ccc(O)cc1)NC(=O)C(N)CCC(=O)O)C(=O)NC(Cc1c[nH]c2ccccc12)C(=O)O. The first-order chi connectivity index (χ1) is 20.3. The average molecular weight is 598 g/mol. The molecule has 0 aliphatic rings. The van der Waals surface area contributed by atoms with Crippen molar-refractivity contribution in [3.8, 4) is 5.75 Å². The van der Waals surface area contributed by atoms with Crippen LogP contribution in [0.5, 0.6) is 5.75 Å². The number of aliphatic hydroxyl groups excluding tert-OH is 1. The Bertz CT molecular complexity index is 1450. The molecule has 1 heterocycles. The monoisotopic (exact) mass is 597 g/mol. The van der Waals surface area contributed by atoms with Crippen LogP contribution in [0, 0.1) is 0 Å². The number of aliphatic hydroxyl groups is 1. The summed E-state index contributed by atoms with van der Waals surface area (Å²) in [6.45, 7) is 1.23. The summed E-state index contributed by atoms with van der Waals surface area (Å²) in [5.41, 5.74) is 7.73. The molecular weight excluding hydrogens is 562 g/mol. The van der Waals surface area contributed by atoms with E-state index in [0.29, 0.717) is 11.1 Å². The minimum atomic E-state index is -1.60. The molecule has 0 aliphatic carbocycles. The van der Waals surface area contributed by atoms with Crippen LogP contribution >= 0.6 is 0 Å². The second kappa shape index (κ2) is 14.8. The summed E-state index contributed by atoms with van der Waals surface area (Å²) in [5.74, 6) is -5.20. The maximum Gasteiger partial charge on any atom is 0.326 e. The van der Waals surface area contributed by atoms with E-state index in [1.54, 1.807) is 18.3 Å². The fraction of sp³-hybridized carbons (Fsp3) is 0.345. The highest BCUT2D eigenvalue weighted by molar-refractivity contribution is 5.95. The van der Waals surface area contributed by atoms with Gasteiger partial charge in [0.1, 0.15) is 23.9 Å². The number of nitrogens with one attached hydrogen (secondary N) is 4. The van der Waals surface area contributed by atoms with Gasteiger partial charge in [-0.3, -0.25) is 19.2 Å². The Kier molecular flexibility index (Phi) is 11.2. The Balaban J connectivity index is 1.76. The van der Waals surface area contributed by atoms with Gasteiger partial charge in [0.05, 0.1) is 12.1 Å². The standard InChI is InChI=1S/C29H35N5O9/c1-15(35)25(28(41)33-23(29(42)43)13-17-14-31-21-5-3-2-4-19(17)21)34-27(40)22(12-16-6-8-18(36)9-7-16)32-26(39)20(30)10-11-24(37)38/h2-9,14-15,20,22-23,25,31,35-36H,10-13,30H2,1H3,(H,32,39)(H,33,41)(H,34,40)(H,37,38)(H,42,43). The Labute approximate surface area is 246 Å². The molecule has 0 aliphatic heterocycles. The Morgan fingerprint density at radius 3 is 2.14 bits per heavy atom. The van der Waals surface area contributed by atoms with E-state index in [2.05, 4.69) is 20.9 Å². The van der Waals surface area contributed by atoms with Gasteiger partial charge in [-0.15, -0.1) is 0 Å². The second-order valence-corrected chi connectivity index (χ2v) is 10.2. The van der Waals surface area contributed by atoms with E-state index < -0.39 is 59.9 Å². The van der Waals surface area contributed by atoms with Crippen molar-refractivity contribution in [3.05, 3.63) is 65.9 Å². The van der Waals surface area contributed by atoms with Crippen LogP contribution in [0.15, 0.2) is 54.7 Å². The predicted octanol–water partition coefficient (Wildman–Crippen LogP) is -0.229. The normalized spacial score (nSPS) is 14.6. The Morgan fingerprint density at radius 1 is 0.860 bits per heavy atom. The number of para-hydroxylation sites is 1. The number of nitrogens with two attached hydrogens (primary N) is 1. The van der Waals surface area contributed by atoms with Crippen molar-refractivity contribution in [1.29, 1.82) is 0 Å². The number of aromatic hydroxyl groups is 1. The molecule has 2 aromatic carbocycles. The molecule has 1 aromatic heterocycles. The number of fused-ring (bicyclic) bond motifs is 1. The number of aromatic amines is 1. The maximum absolute atomic E-state index is 13.4. The summed E-state index contributed by atoms with van der Waals surface area (Å²) in [4.78, 5) is 65.2. The molecule has 230 valence electrons. The van der Waals surface area contributed by atoms with Crippen molar-refractivity contribution in [2.24, 2.45) is 5.73 Å². The molecule has 3 amide bonds. The van der Waals surface area contributed by atoms with Crippen LogP contribution in [0.3, 0.4) is 0 Å². The third-order valence-corrected chi connectivity index (χ3v) is 6.79. The van der Waals surface area contributed by atoms with E-state index in [0.717, 1.165) is 10.9 Å². The number of carbonyl (C=O) groups is 5. The summed E-state index contributed by atoms with van der Waals surface area (Å²) in [6.07, 6.45) is -0.597. The number of aromatic nitrogens is 1. The molecule has 43 heavy (non-hydrogen) atoms. The van der Waals surface area contributed by atoms with Gasteiger partial charge in [0.15, 0.2) is 0 Å². The highest BCUT2D eigenvalue weighted by Gasteiger charge is 2.33. The number of carbonyl (C=O) groups excluding carboxylic acids is 3. The molecule has 5 atom stereocenters. The lowest BCUT2D eigenvalue weighted by Crippen LogP contribution is -2.60. The van der Waals surface area contributed by atoms with E-state index in [1.807, 2.05) is 12.1 Å². The van der Waals surface area contributed by atoms with Gasteiger partial charge in [0.25, 0.3) is 0 Å². The number of carboxylic acid groups (broad SMARTS) is 2. The van der Waals surface area contributed by atoms with E-state index in [9.17, 15) is 39.3 Å². The average Bonchev–Trinajstić information content (AvgIpc) is 3.37. The van der Waals surface area contributed by atoms with Gasteiger partial charge < -0.3 is 47.1 Å². The van der Waals surface area contributed by atoms with Crippen molar-refractivity contribution in [1.82, 2.24) is 20.9 Å². The van der Waals surface area contributed by atoms with E-state index in [1.165, 1.54) is 31.2 Å². The van der Waals surface area contributed by atoms with Gasteiger partial charge in [0, 0.05) is 36.4 Å². The highest BCUT2D eigenvalue weighted by atomic mass is 16.4. The fourth-order valence-corrected chi connectivity index (χ4v) is 4.41. The van der Waals surface area contributed by atoms with Crippen LogP contribution in [0.2, 0.25) is 0 Å². The molecular formula is C29H35N5O9. The molecule has 0 saturated carbocycles. The molecule has 0 saturated heterocycles. The zero-order valence-electron chi connectivity index (χ0n) is 23.3. The van der Waals surface area contributed by atoms with Crippen LogP contribution in [-0.4, -0.2) is 85.3 Å². The third-order valence-electron chi connectivity index (χ3n) is 6.79. The number of aliphatic carboxylic acids is 2. The molecule has 3 aromatic rings. The highest BCUT2D eigenvalue weighted by Crippen LogP contribution is 2.19.